The van der Waals surface area contributed by atoms with Crippen LogP contribution < -0.4 is 5.49 Å². The molecule has 0 amide bonds. The van der Waals surface area contributed by atoms with E-state index in [-0.39, 0.29) is 21.3 Å². The number of hydrogen-bond acceptors (Lipinski definition) is 5. The highest BCUT2D eigenvalue weighted by molar-refractivity contribution is 6.30. The molecule has 1 aromatic rings. The van der Waals surface area contributed by atoms with Crippen molar-refractivity contribution in [1.82, 2.24) is 9.71 Å². The van der Waals surface area contributed by atoms with Crippen LogP contribution in [-0.4, -0.2) is 14.9 Å². The van der Waals surface area contributed by atoms with E-state index in [1.807, 2.05) is 0 Å². The van der Waals surface area contributed by atoms with Crippen LogP contribution >= 0.6 is 11.6 Å². The van der Waals surface area contributed by atoms with E-state index in [4.69, 9.17) is 32.7 Å². The molecule has 0 aliphatic heterocycles. The largest absolute Gasteiger partial charge is 0.425 e. The van der Waals surface area contributed by atoms with Crippen molar-refractivity contribution in [1.29, 1.82) is 15.9 Å². The normalized spacial score (nSPS) is 8.85. The molecule has 1 aromatic heterocycles. The van der Waals surface area contributed by atoms with Crippen molar-refractivity contribution in [3.63, 3.8) is 0 Å². The van der Waals surface area contributed by atoms with E-state index in [1.54, 1.807) is 12.1 Å². The fourth-order valence-electron chi connectivity index (χ4n) is 0.659. The zero-order valence-electron chi connectivity index (χ0n) is 6.11. The van der Waals surface area contributed by atoms with Gasteiger partial charge in [0.2, 0.25) is 0 Å². The van der Waals surface area contributed by atoms with E-state index in [0.717, 1.165) is 0 Å². The predicted octanol–water partition coefficient (Wildman–Crippen LogP) is -0.00337. The molecule has 0 aliphatic rings. The molecular formula is C6H2ClN5O. The first-order chi connectivity index (χ1) is 6.11. The maximum absolute atomic E-state index is 9.09. The van der Waals surface area contributed by atoms with Crippen molar-refractivity contribution in [2.75, 3.05) is 0 Å². The Morgan fingerprint density at radius 1 is 1.38 bits per heavy atom. The molecule has 64 valence electrons. The molecular weight excluding hydrogens is 194 g/mol. The second-order valence-corrected chi connectivity index (χ2v) is 2.34. The highest BCUT2D eigenvalue weighted by Crippen LogP contribution is 2.08. The van der Waals surface area contributed by atoms with Crippen molar-refractivity contribution < 1.29 is 5.21 Å². The van der Waals surface area contributed by atoms with Gasteiger partial charge in [-0.05, 0) is 0 Å². The zero-order valence-corrected chi connectivity index (χ0v) is 6.87. The third kappa shape index (κ3) is 1.31. The highest BCUT2D eigenvalue weighted by atomic mass is 35.5. The minimum absolute atomic E-state index is 0.228. The second kappa shape index (κ2) is 3.13. The highest BCUT2D eigenvalue weighted by Gasteiger charge is 2.11. The van der Waals surface area contributed by atoms with E-state index in [0.29, 0.717) is 0 Å². The summed E-state index contributed by atoms with van der Waals surface area (Å²) < 4.78 is 0.228. The molecule has 0 saturated heterocycles. The van der Waals surface area contributed by atoms with Crippen LogP contribution in [0.1, 0.15) is 11.4 Å². The van der Waals surface area contributed by atoms with Crippen LogP contribution in [0.3, 0.4) is 0 Å². The molecule has 0 aromatic carbocycles. The molecule has 1 heterocycles. The Kier molecular flexibility index (Phi) is 2.18. The lowest BCUT2D eigenvalue weighted by Crippen LogP contribution is -2.24. The van der Waals surface area contributed by atoms with Gasteiger partial charge in [-0.25, -0.2) is 4.98 Å². The fraction of sp³-hybridized carbons (Fsp3) is 0. The Hall–Kier alpha value is -2.05. The van der Waals surface area contributed by atoms with E-state index in [1.165, 1.54) is 0 Å². The van der Waals surface area contributed by atoms with Gasteiger partial charge in [0.05, 0.1) is 0 Å². The topological polar surface area (TPSA) is 109 Å². The first kappa shape index (κ1) is 9.04. The molecule has 0 spiro atoms. The van der Waals surface area contributed by atoms with Crippen molar-refractivity contribution in [2.45, 2.75) is 0 Å². The van der Waals surface area contributed by atoms with Crippen molar-refractivity contribution >= 4 is 11.6 Å². The number of nitrogens with one attached hydrogen (secondary N) is 1. The molecule has 1 rings (SSSR count). The number of aromatic nitrogens is 2. The van der Waals surface area contributed by atoms with Crippen LogP contribution in [0, 0.1) is 28.1 Å². The maximum atomic E-state index is 9.09. The number of nitrogens with zero attached hydrogens (tertiary/aromatic N) is 4. The summed E-state index contributed by atoms with van der Waals surface area (Å²) in [6.45, 7) is 0. The predicted molar refractivity (Wildman–Crippen MR) is 39.7 cm³/mol. The van der Waals surface area contributed by atoms with E-state index in [2.05, 4.69) is 4.98 Å². The molecule has 0 aliphatic carbocycles. The first-order valence-electron chi connectivity index (χ1n) is 2.98. The smallest absolute Gasteiger partial charge is 0.199 e. The van der Waals surface area contributed by atoms with Crippen LogP contribution in [0.25, 0.3) is 0 Å². The Bertz CT molecular complexity index is 491. The van der Waals surface area contributed by atoms with Gasteiger partial charge in [-0.15, -0.1) is 0 Å². The Morgan fingerprint density at radius 3 is 2.38 bits per heavy atom. The van der Waals surface area contributed by atoms with E-state index in [9.17, 15) is 0 Å². The number of hydrogen-bond donors (Lipinski definition) is 2. The van der Waals surface area contributed by atoms with Crippen LogP contribution in [0.4, 0.5) is 0 Å². The number of rotatable bonds is 0. The molecule has 13 heavy (non-hydrogen) atoms. The quantitative estimate of drug-likeness (QED) is 0.568. The first-order valence-corrected chi connectivity index (χ1v) is 3.36. The molecule has 6 nitrogen and oxygen atoms in total. The summed E-state index contributed by atoms with van der Waals surface area (Å²) in [4.78, 5) is 3.45. The fourth-order valence-corrected chi connectivity index (χ4v) is 0.828. The van der Waals surface area contributed by atoms with Crippen molar-refractivity contribution in [2.24, 2.45) is 0 Å². The SMILES string of the molecule is N#Cc1nc(C#N)c(=N)n(O)c1Cl. The van der Waals surface area contributed by atoms with Gasteiger partial charge in [0.1, 0.15) is 12.1 Å². The summed E-state index contributed by atoms with van der Waals surface area (Å²) in [5, 5.41) is 32.8. The van der Waals surface area contributed by atoms with Crippen LogP contribution in [0.5, 0.6) is 0 Å². The van der Waals surface area contributed by atoms with Gasteiger partial charge in [-0.1, -0.05) is 11.6 Å². The van der Waals surface area contributed by atoms with Gasteiger partial charge in [0.15, 0.2) is 22.0 Å². The van der Waals surface area contributed by atoms with Gasteiger partial charge in [0, 0.05) is 0 Å². The Labute approximate surface area is 77.3 Å². The summed E-state index contributed by atoms with van der Waals surface area (Å²) in [6.07, 6.45) is 0. The Balaban J connectivity index is 3.70. The third-order valence-corrected chi connectivity index (χ3v) is 1.59. The summed E-state index contributed by atoms with van der Waals surface area (Å²) in [5.74, 6) is 0. The minimum atomic E-state index is -0.550. The van der Waals surface area contributed by atoms with Gasteiger partial charge >= 0.3 is 0 Å². The van der Waals surface area contributed by atoms with Crippen molar-refractivity contribution in [3.05, 3.63) is 22.0 Å². The van der Waals surface area contributed by atoms with Crippen LogP contribution in [0.15, 0.2) is 0 Å². The number of nitriles is 2. The lowest BCUT2D eigenvalue weighted by Gasteiger charge is -2.01. The van der Waals surface area contributed by atoms with E-state index >= 15 is 0 Å². The second-order valence-electron chi connectivity index (χ2n) is 1.98. The number of halogens is 1. The molecule has 0 saturated carbocycles. The van der Waals surface area contributed by atoms with Gasteiger partial charge in [-0.2, -0.15) is 15.3 Å². The minimum Gasteiger partial charge on any atom is -0.425 e. The average Bonchev–Trinajstić information content (AvgIpc) is 2.15. The molecule has 0 atom stereocenters. The third-order valence-electron chi connectivity index (χ3n) is 1.25. The zero-order chi connectivity index (χ0) is 10.0. The molecule has 0 bridgehead atoms. The summed E-state index contributed by atoms with van der Waals surface area (Å²) in [5.41, 5.74) is -1.20. The van der Waals surface area contributed by atoms with Gasteiger partial charge in [0.25, 0.3) is 0 Å². The summed E-state index contributed by atoms with van der Waals surface area (Å²) >= 11 is 5.43. The van der Waals surface area contributed by atoms with Gasteiger partial charge in [-0.3, -0.25) is 5.41 Å². The monoisotopic (exact) mass is 195 g/mol. The lowest BCUT2D eigenvalue weighted by atomic mass is 10.4. The summed E-state index contributed by atoms with van der Waals surface area (Å²) in [7, 11) is 0. The molecule has 2 N–H and O–H groups in total. The standard InChI is InChI=1S/C6H2ClN5O/c7-5-3(1-8)11-4(2-9)6(10)12(5)13/h10,13H. The lowest BCUT2D eigenvalue weighted by molar-refractivity contribution is 0.169. The molecule has 7 heteroatoms. The summed E-state index contributed by atoms with van der Waals surface area (Å²) in [6, 6.07) is 3.13. The van der Waals surface area contributed by atoms with E-state index < -0.39 is 5.49 Å². The maximum Gasteiger partial charge on any atom is 0.199 e. The molecule has 0 unspecified atom stereocenters. The van der Waals surface area contributed by atoms with Crippen LogP contribution in [0.2, 0.25) is 5.15 Å². The molecule has 0 fully saturated rings. The van der Waals surface area contributed by atoms with Crippen molar-refractivity contribution in [3.8, 4) is 12.1 Å². The average molecular weight is 196 g/mol. The van der Waals surface area contributed by atoms with Crippen LogP contribution in [-0.2, 0) is 0 Å². The van der Waals surface area contributed by atoms with Gasteiger partial charge < -0.3 is 5.21 Å². The molecule has 0 radical (unpaired) electrons. The Morgan fingerprint density at radius 2 is 1.92 bits per heavy atom.